The van der Waals surface area contributed by atoms with Gasteiger partial charge in [0.25, 0.3) is 0 Å². The maximum absolute atomic E-state index is 12.1. The van der Waals surface area contributed by atoms with E-state index in [1.54, 1.807) is 0 Å². The number of likely N-dealkylation sites (N-methyl/N-ethyl adjacent to an activating group) is 1. The minimum atomic E-state index is -0.178. The monoisotopic (exact) mass is 482 g/mol. The van der Waals surface area contributed by atoms with E-state index in [0.29, 0.717) is 12.2 Å². The van der Waals surface area contributed by atoms with Gasteiger partial charge >= 0.3 is 101 Å². The standard InChI is InChI=1S/C12H20NOSe.Pb/c1-5-12(3)8-10(14)11(2,6-7-15)9-13(12)4;/h5H,1,6-9H2,2-4H3;. The zero-order valence-corrected chi connectivity index (χ0v) is 16.0. The minimum Gasteiger partial charge on any atom is 0 e. The Balaban J connectivity index is 0.00000225. The van der Waals surface area contributed by atoms with E-state index in [1.807, 2.05) is 6.08 Å². The molecule has 0 amide bonds. The van der Waals surface area contributed by atoms with Gasteiger partial charge in [-0.2, -0.15) is 0 Å². The third kappa shape index (κ3) is 3.18. The van der Waals surface area contributed by atoms with Crippen molar-refractivity contribution in [1.82, 2.24) is 4.90 Å². The molecule has 1 aliphatic heterocycles. The molecule has 0 bridgehead atoms. The van der Waals surface area contributed by atoms with Crippen LogP contribution in [0.3, 0.4) is 0 Å². The Bertz CT molecular complexity index is 284. The number of Topliss-reactive ketones (excluding diaryl/α,β-unsaturated/α-hetero) is 1. The first kappa shape index (κ1) is 16.8. The first-order chi connectivity index (χ1) is 6.88. The Labute approximate surface area is 127 Å². The smallest absolute Gasteiger partial charge is 0 e. The summed E-state index contributed by atoms with van der Waals surface area (Å²) in [7, 11) is 2.08. The van der Waals surface area contributed by atoms with Crippen molar-refractivity contribution < 1.29 is 4.79 Å². The van der Waals surface area contributed by atoms with Crippen LogP contribution >= 0.6 is 0 Å². The molecule has 0 saturated carbocycles. The Morgan fingerprint density at radius 2 is 2.12 bits per heavy atom. The number of likely N-dealkylation sites (tertiary alicyclic amines) is 1. The molecule has 0 aromatic heterocycles. The molecule has 1 heterocycles. The molecule has 0 aliphatic carbocycles. The zero-order valence-electron chi connectivity index (χ0n) is 10.4. The molecule has 5 radical (unpaired) electrons. The van der Waals surface area contributed by atoms with Gasteiger partial charge in [0.05, 0.1) is 0 Å². The molecular weight excluding hydrogens is 460 g/mol. The van der Waals surface area contributed by atoms with Gasteiger partial charge in [-0.15, -0.1) is 0 Å². The van der Waals surface area contributed by atoms with Crippen molar-refractivity contribution >= 4 is 49.1 Å². The van der Waals surface area contributed by atoms with Gasteiger partial charge in [-0.05, 0) is 0 Å². The number of hydrogen-bond acceptors (Lipinski definition) is 2. The molecular formula is C12H20NOPbSe. The first-order valence-electron chi connectivity index (χ1n) is 5.34. The Hall–Kier alpha value is 0.812. The zero-order chi connectivity index (χ0) is 11.7. The maximum atomic E-state index is 12.1. The van der Waals surface area contributed by atoms with Gasteiger partial charge in [-0.3, -0.25) is 0 Å². The molecule has 0 spiro atoms. The minimum absolute atomic E-state index is 0. The van der Waals surface area contributed by atoms with E-state index in [2.05, 4.69) is 48.4 Å². The van der Waals surface area contributed by atoms with Gasteiger partial charge in [0, 0.05) is 27.3 Å². The molecule has 4 heteroatoms. The summed E-state index contributed by atoms with van der Waals surface area (Å²) in [6, 6.07) is 0. The average molecular weight is 480 g/mol. The second-order valence-corrected chi connectivity index (χ2v) is 5.89. The van der Waals surface area contributed by atoms with E-state index in [9.17, 15) is 4.79 Å². The quantitative estimate of drug-likeness (QED) is 0.450. The second kappa shape index (κ2) is 6.12. The van der Waals surface area contributed by atoms with Crippen LogP contribution in [0.1, 0.15) is 26.7 Å². The number of carbonyl (C=O) groups is 1. The third-order valence-electron chi connectivity index (χ3n) is 3.74. The van der Waals surface area contributed by atoms with Gasteiger partial charge in [-0.1, -0.05) is 0 Å². The van der Waals surface area contributed by atoms with E-state index in [-0.39, 0.29) is 38.3 Å². The molecule has 2 atom stereocenters. The molecule has 16 heavy (non-hydrogen) atoms. The van der Waals surface area contributed by atoms with Crippen LogP contribution in [0.15, 0.2) is 12.7 Å². The van der Waals surface area contributed by atoms with Crippen LogP contribution in [0.2, 0.25) is 5.32 Å². The summed E-state index contributed by atoms with van der Waals surface area (Å²) in [5, 5.41) is 0.945. The van der Waals surface area contributed by atoms with Gasteiger partial charge in [-0.25, -0.2) is 0 Å². The first-order valence-corrected chi connectivity index (χ1v) is 6.55. The fraction of sp³-hybridized carbons (Fsp3) is 0.750. The predicted octanol–water partition coefficient (Wildman–Crippen LogP) is 1.44. The fourth-order valence-electron chi connectivity index (χ4n) is 2.14. The van der Waals surface area contributed by atoms with Crippen LogP contribution in [0.25, 0.3) is 0 Å². The summed E-state index contributed by atoms with van der Waals surface area (Å²) in [5.74, 6) is 0.373. The van der Waals surface area contributed by atoms with Crippen molar-refractivity contribution in [2.24, 2.45) is 5.41 Å². The van der Waals surface area contributed by atoms with E-state index < -0.39 is 0 Å². The number of piperidine rings is 1. The molecule has 1 aliphatic rings. The maximum Gasteiger partial charge on any atom is 0 e. The van der Waals surface area contributed by atoms with Crippen molar-refractivity contribution in [2.45, 2.75) is 37.5 Å². The van der Waals surface area contributed by atoms with E-state index in [1.165, 1.54) is 0 Å². The van der Waals surface area contributed by atoms with Crippen LogP contribution in [0, 0.1) is 5.41 Å². The Morgan fingerprint density at radius 1 is 1.56 bits per heavy atom. The Kier molecular flexibility index (Phi) is 6.43. The molecule has 0 aromatic rings. The molecule has 2 nitrogen and oxygen atoms in total. The summed E-state index contributed by atoms with van der Waals surface area (Å²) in [6.45, 7) is 8.82. The van der Waals surface area contributed by atoms with Gasteiger partial charge in [0.15, 0.2) is 0 Å². The van der Waals surface area contributed by atoms with E-state index in [4.69, 9.17) is 0 Å². The topological polar surface area (TPSA) is 20.3 Å². The molecule has 2 unspecified atom stereocenters. The number of hydrogen-bond donors (Lipinski definition) is 0. The third-order valence-corrected chi connectivity index (χ3v) is 4.17. The molecule has 89 valence electrons. The molecule has 0 aromatic carbocycles. The fourth-order valence-corrected chi connectivity index (χ4v) is 3.08. The van der Waals surface area contributed by atoms with Crippen LogP contribution in [0.4, 0.5) is 0 Å². The summed E-state index contributed by atoms with van der Waals surface area (Å²) in [5.41, 5.74) is -0.337. The second-order valence-electron chi connectivity index (χ2n) is 5.03. The average Bonchev–Trinajstić information content (AvgIpc) is 2.15. The van der Waals surface area contributed by atoms with Crippen LogP contribution in [0.5, 0.6) is 0 Å². The number of rotatable bonds is 3. The summed E-state index contributed by atoms with van der Waals surface area (Å²) < 4.78 is 0. The van der Waals surface area contributed by atoms with Gasteiger partial charge in [0.1, 0.15) is 0 Å². The van der Waals surface area contributed by atoms with Gasteiger partial charge in [0.2, 0.25) is 0 Å². The number of nitrogens with zero attached hydrogens (tertiary/aromatic N) is 1. The number of carbonyl (C=O) groups excluding carboxylic acids is 1. The van der Waals surface area contributed by atoms with E-state index in [0.717, 1.165) is 18.3 Å². The largest absolute Gasteiger partial charge is 0 e. The van der Waals surface area contributed by atoms with Crippen molar-refractivity contribution in [3.63, 3.8) is 0 Å². The van der Waals surface area contributed by atoms with Gasteiger partial charge < -0.3 is 0 Å². The van der Waals surface area contributed by atoms with Crippen molar-refractivity contribution in [1.29, 1.82) is 0 Å². The van der Waals surface area contributed by atoms with E-state index >= 15 is 0 Å². The van der Waals surface area contributed by atoms with Crippen LogP contribution < -0.4 is 0 Å². The van der Waals surface area contributed by atoms with Crippen molar-refractivity contribution in [2.75, 3.05) is 13.6 Å². The van der Waals surface area contributed by atoms with Crippen LogP contribution in [-0.4, -0.2) is 73.1 Å². The Morgan fingerprint density at radius 3 is 2.56 bits per heavy atom. The summed E-state index contributed by atoms with van der Waals surface area (Å²) in [6.07, 6.45) is 3.41. The normalized spacial score (nSPS) is 35.6. The summed E-state index contributed by atoms with van der Waals surface area (Å²) >= 11 is 2.99. The van der Waals surface area contributed by atoms with Crippen molar-refractivity contribution in [3.8, 4) is 0 Å². The molecule has 1 fully saturated rings. The molecule has 0 N–H and O–H groups in total. The summed E-state index contributed by atoms with van der Waals surface area (Å²) in [4.78, 5) is 14.4. The van der Waals surface area contributed by atoms with Crippen molar-refractivity contribution in [3.05, 3.63) is 12.7 Å². The van der Waals surface area contributed by atoms with Crippen LogP contribution in [-0.2, 0) is 4.79 Å². The SMILES string of the molecule is C=CC1(C)CC(=O)C(C)(CC[Se])CN1C.[Pb]. The number of ketones is 1. The predicted molar refractivity (Wildman–Crippen MR) is 69.9 cm³/mol. The molecule has 1 rings (SSSR count). The molecule has 1 saturated heterocycles.